The lowest BCUT2D eigenvalue weighted by molar-refractivity contribution is -0.385. The van der Waals surface area contributed by atoms with Crippen LogP contribution in [0.25, 0.3) is 0 Å². The number of likely N-dealkylation sites (tertiary alicyclic amines) is 1. The number of piperidine rings is 1. The lowest BCUT2D eigenvalue weighted by atomic mass is 9.89. The molecule has 0 saturated carbocycles. The average Bonchev–Trinajstić information content (AvgIpc) is 2.54. The van der Waals surface area contributed by atoms with Crippen molar-refractivity contribution in [3.63, 3.8) is 0 Å². The smallest absolute Gasteiger partial charge is 0.410 e. The van der Waals surface area contributed by atoms with Crippen molar-refractivity contribution in [2.75, 3.05) is 13.2 Å². The molecule has 0 spiro atoms. The molecular formula is C18H26BrN3O5. The second-order valence-electron chi connectivity index (χ2n) is 7.79. The topological polar surface area (TPSA) is 94.8 Å². The zero-order chi connectivity index (χ0) is 20.2. The third kappa shape index (κ3) is 6.34. The molecule has 0 radical (unpaired) electrons. The Labute approximate surface area is 167 Å². The molecule has 1 aromatic heterocycles. The van der Waals surface area contributed by atoms with E-state index in [-0.39, 0.29) is 17.8 Å². The van der Waals surface area contributed by atoms with Gasteiger partial charge < -0.3 is 14.4 Å². The molecule has 150 valence electrons. The normalized spacial score (nSPS) is 20.3. The molecule has 0 N–H and O–H groups in total. The highest BCUT2D eigenvalue weighted by Gasteiger charge is 2.31. The third-order valence-corrected chi connectivity index (χ3v) is 4.95. The second kappa shape index (κ2) is 8.86. The van der Waals surface area contributed by atoms with Crippen molar-refractivity contribution in [3.05, 3.63) is 26.9 Å². The number of ether oxygens (including phenoxy) is 2. The number of nitrogens with zero attached hydrogens (tertiary/aromatic N) is 3. The Hall–Kier alpha value is -1.90. The molecule has 1 saturated heterocycles. The maximum atomic E-state index is 12.3. The predicted octanol–water partition coefficient (Wildman–Crippen LogP) is 4.56. The van der Waals surface area contributed by atoms with Crippen LogP contribution in [0.2, 0.25) is 0 Å². The number of pyridine rings is 1. The monoisotopic (exact) mass is 443 g/mol. The fourth-order valence-electron chi connectivity index (χ4n) is 3.07. The number of hydrogen-bond donors (Lipinski definition) is 0. The second-order valence-corrected chi connectivity index (χ2v) is 8.64. The van der Waals surface area contributed by atoms with Crippen LogP contribution in [0.15, 0.2) is 16.7 Å². The van der Waals surface area contributed by atoms with Crippen LogP contribution in [0.3, 0.4) is 0 Å². The van der Waals surface area contributed by atoms with E-state index in [0.29, 0.717) is 29.4 Å². The number of nitro groups is 1. The Morgan fingerprint density at radius 3 is 2.74 bits per heavy atom. The molecule has 1 fully saturated rings. The van der Waals surface area contributed by atoms with E-state index in [2.05, 4.69) is 20.9 Å². The lowest BCUT2D eigenvalue weighted by Gasteiger charge is -2.38. The summed E-state index contributed by atoms with van der Waals surface area (Å²) in [6, 6.07) is 1.49. The molecule has 2 unspecified atom stereocenters. The van der Waals surface area contributed by atoms with Gasteiger partial charge in [-0.15, -0.1) is 0 Å². The van der Waals surface area contributed by atoms with Gasteiger partial charge in [-0.25, -0.2) is 9.78 Å². The van der Waals surface area contributed by atoms with Crippen molar-refractivity contribution in [1.82, 2.24) is 9.88 Å². The van der Waals surface area contributed by atoms with Crippen molar-refractivity contribution >= 4 is 27.7 Å². The van der Waals surface area contributed by atoms with Crippen molar-refractivity contribution in [2.24, 2.45) is 5.92 Å². The zero-order valence-corrected chi connectivity index (χ0v) is 17.7. The molecule has 1 aromatic rings. The molecule has 0 bridgehead atoms. The lowest BCUT2D eigenvalue weighted by Crippen LogP contribution is -2.46. The Balaban J connectivity index is 1.80. The minimum Gasteiger partial charge on any atom is -0.477 e. The largest absolute Gasteiger partial charge is 0.477 e. The van der Waals surface area contributed by atoms with Crippen LogP contribution in [-0.4, -0.2) is 45.7 Å². The SMILES string of the molecule is CC1CC(CCOc2ncc([N+](=O)[O-])cc2Br)CCN1C(=O)OC(C)(C)C. The summed E-state index contributed by atoms with van der Waals surface area (Å²) in [6.45, 7) is 8.76. The summed E-state index contributed by atoms with van der Waals surface area (Å²) in [5.41, 5.74) is -0.579. The summed E-state index contributed by atoms with van der Waals surface area (Å²) in [5, 5.41) is 10.7. The number of aromatic nitrogens is 1. The van der Waals surface area contributed by atoms with Gasteiger partial charge >= 0.3 is 6.09 Å². The zero-order valence-electron chi connectivity index (χ0n) is 16.1. The first-order chi connectivity index (χ1) is 12.6. The van der Waals surface area contributed by atoms with Gasteiger partial charge in [-0.2, -0.15) is 0 Å². The number of rotatable bonds is 5. The molecule has 1 aliphatic heterocycles. The van der Waals surface area contributed by atoms with E-state index < -0.39 is 10.5 Å². The summed E-state index contributed by atoms with van der Waals surface area (Å²) in [7, 11) is 0. The van der Waals surface area contributed by atoms with Crippen LogP contribution in [0.5, 0.6) is 5.88 Å². The summed E-state index contributed by atoms with van der Waals surface area (Å²) in [5.74, 6) is 0.787. The minimum atomic E-state index is -0.499. The van der Waals surface area contributed by atoms with Gasteiger partial charge in [0.25, 0.3) is 5.69 Å². The van der Waals surface area contributed by atoms with E-state index >= 15 is 0 Å². The van der Waals surface area contributed by atoms with Crippen molar-refractivity contribution < 1.29 is 19.2 Å². The molecule has 2 heterocycles. The summed E-state index contributed by atoms with van der Waals surface area (Å²) >= 11 is 3.25. The Morgan fingerprint density at radius 1 is 1.48 bits per heavy atom. The molecule has 9 heteroatoms. The van der Waals surface area contributed by atoms with Crippen molar-refractivity contribution in [1.29, 1.82) is 0 Å². The first-order valence-corrected chi connectivity index (χ1v) is 9.78. The standard InChI is InChI=1S/C18H26BrN3O5/c1-12-9-13(5-7-21(12)17(23)27-18(2,3)4)6-8-26-16-15(19)10-14(11-20-16)22(24)25/h10-13H,5-9H2,1-4H3. The van der Waals surface area contributed by atoms with Gasteiger partial charge in [0.05, 0.1) is 16.0 Å². The predicted molar refractivity (Wildman–Crippen MR) is 104 cm³/mol. The molecule has 8 nitrogen and oxygen atoms in total. The van der Waals surface area contributed by atoms with Crippen LogP contribution < -0.4 is 4.74 Å². The molecule has 2 atom stereocenters. The van der Waals surface area contributed by atoms with Gasteiger partial charge in [-0.05, 0) is 68.8 Å². The minimum absolute atomic E-state index is 0.0856. The van der Waals surface area contributed by atoms with Gasteiger partial charge in [0.1, 0.15) is 11.8 Å². The van der Waals surface area contributed by atoms with Crippen molar-refractivity contribution in [2.45, 2.75) is 58.6 Å². The Kier molecular flexibility index (Phi) is 7.02. The third-order valence-electron chi connectivity index (χ3n) is 4.38. The van der Waals surface area contributed by atoms with Crippen LogP contribution in [0.1, 0.15) is 47.0 Å². The molecule has 1 amide bonds. The van der Waals surface area contributed by atoms with Crippen LogP contribution >= 0.6 is 15.9 Å². The van der Waals surface area contributed by atoms with Gasteiger partial charge in [0.2, 0.25) is 5.88 Å². The van der Waals surface area contributed by atoms with Crippen LogP contribution in [0, 0.1) is 16.0 Å². The summed E-state index contributed by atoms with van der Waals surface area (Å²) in [6.07, 6.45) is 3.53. The molecular weight excluding hydrogens is 418 g/mol. The summed E-state index contributed by atoms with van der Waals surface area (Å²) < 4.78 is 11.6. The van der Waals surface area contributed by atoms with E-state index in [0.717, 1.165) is 19.3 Å². The van der Waals surface area contributed by atoms with E-state index in [9.17, 15) is 14.9 Å². The van der Waals surface area contributed by atoms with Gasteiger partial charge in [0.15, 0.2) is 0 Å². The number of halogens is 1. The van der Waals surface area contributed by atoms with E-state index in [1.54, 1.807) is 4.90 Å². The fourth-order valence-corrected chi connectivity index (χ4v) is 3.52. The molecule has 0 aliphatic carbocycles. The Morgan fingerprint density at radius 2 is 2.19 bits per heavy atom. The number of carbonyl (C=O) groups excluding carboxylic acids is 1. The van der Waals surface area contributed by atoms with Gasteiger partial charge in [-0.1, -0.05) is 0 Å². The number of amides is 1. The van der Waals surface area contributed by atoms with E-state index in [4.69, 9.17) is 9.47 Å². The number of hydrogen-bond acceptors (Lipinski definition) is 6. The summed E-state index contributed by atoms with van der Waals surface area (Å²) in [4.78, 5) is 28.3. The highest BCUT2D eigenvalue weighted by atomic mass is 79.9. The first-order valence-electron chi connectivity index (χ1n) is 8.99. The van der Waals surface area contributed by atoms with Gasteiger partial charge in [0, 0.05) is 18.7 Å². The first kappa shape index (κ1) is 21.4. The molecule has 2 rings (SSSR count). The number of carbonyl (C=O) groups is 1. The highest BCUT2D eigenvalue weighted by Crippen LogP contribution is 2.29. The van der Waals surface area contributed by atoms with Crippen LogP contribution in [-0.2, 0) is 4.74 Å². The fraction of sp³-hybridized carbons (Fsp3) is 0.667. The average molecular weight is 444 g/mol. The quantitative estimate of drug-likeness (QED) is 0.488. The molecule has 27 heavy (non-hydrogen) atoms. The molecule has 1 aliphatic rings. The maximum absolute atomic E-state index is 12.3. The molecule has 0 aromatic carbocycles. The van der Waals surface area contributed by atoms with E-state index in [1.807, 2.05) is 27.7 Å². The van der Waals surface area contributed by atoms with Crippen molar-refractivity contribution in [3.8, 4) is 5.88 Å². The van der Waals surface area contributed by atoms with Gasteiger partial charge in [-0.3, -0.25) is 10.1 Å². The van der Waals surface area contributed by atoms with E-state index in [1.165, 1.54) is 12.3 Å². The Bertz CT molecular complexity index is 692. The highest BCUT2D eigenvalue weighted by molar-refractivity contribution is 9.10. The van der Waals surface area contributed by atoms with Crippen LogP contribution in [0.4, 0.5) is 10.5 Å². The maximum Gasteiger partial charge on any atom is 0.410 e.